The highest BCUT2D eigenvalue weighted by Crippen LogP contribution is 2.25. The number of piperidine rings is 1. The molecule has 1 saturated heterocycles. The summed E-state index contributed by atoms with van der Waals surface area (Å²) in [7, 11) is -3.72. The Hall–Kier alpha value is -2.42. The molecule has 0 saturated carbocycles. The lowest BCUT2D eigenvalue weighted by Crippen LogP contribution is -2.40. The number of H-pyrrole nitrogens is 1. The quantitative estimate of drug-likeness (QED) is 0.662. The summed E-state index contributed by atoms with van der Waals surface area (Å²) < 4.78 is 33.4. The lowest BCUT2D eigenvalue weighted by molar-refractivity contribution is 0.164. The maximum atomic E-state index is 12.8. The van der Waals surface area contributed by atoms with E-state index in [0.29, 0.717) is 11.1 Å². The van der Waals surface area contributed by atoms with Crippen molar-refractivity contribution in [3.63, 3.8) is 0 Å². The predicted octanol–water partition coefficient (Wildman–Crippen LogP) is 2.63. The van der Waals surface area contributed by atoms with Crippen LogP contribution < -0.4 is 10.5 Å². The van der Waals surface area contributed by atoms with Crippen LogP contribution in [0, 0.1) is 0 Å². The molecule has 2 heterocycles. The number of nitrogens with zero attached hydrogens (tertiary/aromatic N) is 1. The van der Waals surface area contributed by atoms with Crippen molar-refractivity contribution in [2.45, 2.75) is 30.2 Å². The van der Waals surface area contributed by atoms with Gasteiger partial charge in [0.2, 0.25) is 10.0 Å². The van der Waals surface area contributed by atoms with Gasteiger partial charge in [-0.3, -0.25) is 9.88 Å². The van der Waals surface area contributed by atoms with Gasteiger partial charge < -0.3 is 4.42 Å². The fourth-order valence-electron chi connectivity index (χ4n) is 3.73. The molecule has 1 fully saturated rings. The number of aromatic nitrogens is 1. The molecular formula is C20H23N3O4S. The molecule has 1 unspecified atom stereocenters. The topological polar surface area (TPSA) is 95.4 Å². The zero-order valence-electron chi connectivity index (χ0n) is 15.4. The fourth-order valence-corrected chi connectivity index (χ4v) is 4.80. The normalized spacial score (nSPS) is 17.0. The molecule has 0 spiro atoms. The second-order valence-electron chi connectivity index (χ2n) is 7.05. The summed E-state index contributed by atoms with van der Waals surface area (Å²) in [6.07, 6.45) is 3.47. The van der Waals surface area contributed by atoms with E-state index in [0.717, 1.165) is 31.5 Å². The first kappa shape index (κ1) is 18.9. The van der Waals surface area contributed by atoms with Crippen molar-refractivity contribution >= 4 is 21.1 Å². The number of nitrogens with one attached hydrogen (secondary N) is 2. The number of likely N-dealkylation sites (tertiary alicyclic amines) is 1. The summed E-state index contributed by atoms with van der Waals surface area (Å²) in [5, 5.41) is 0. The maximum absolute atomic E-state index is 12.8. The van der Waals surface area contributed by atoms with Crippen LogP contribution in [-0.4, -0.2) is 37.9 Å². The van der Waals surface area contributed by atoms with Crippen molar-refractivity contribution in [1.82, 2.24) is 14.6 Å². The zero-order chi connectivity index (χ0) is 19.6. The Balaban J connectivity index is 1.56. The van der Waals surface area contributed by atoms with E-state index in [1.807, 2.05) is 30.3 Å². The average molecular weight is 401 g/mol. The lowest BCUT2D eigenvalue weighted by atomic mass is 10.0. The summed E-state index contributed by atoms with van der Waals surface area (Å²) in [4.78, 5) is 16.2. The first-order chi connectivity index (χ1) is 13.5. The van der Waals surface area contributed by atoms with Crippen molar-refractivity contribution in [2.24, 2.45) is 0 Å². The minimum atomic E-state index is -3.72. The maximum Gasteiger partial charge on any atom is 0.417 e. The Kier molecular flexibility index (Phi) is 5.34. The van der Waals surface area contributed by atoms with E-state index in [2.05, 4.69) is 14.6 Å². The summed E-state index contributed by atoms with van der Waals surface area (Å²) in [6.45, 7) is 2.21. The van der Waals surface area contributed by atoms with E-state index in [-0.39, 0.29) is 17.5 Å². The molecule has 1 aliphatic heterocycles. The van der Waals surface area contributed by atoms with Crippen molar-refractivity contribution in [3.05, 3.63) is 64.6 Å². The molecule has 0 amide bonds. The average Bonchev–Trinajstić information content (AvgIpc) is 3.09. The molecule has 2 aromatic carbocycles. The predicted molar refractivity (Wildman–Crippen MR) is 107 cm³/mol. The molecule has 4 rings (SSSR count). The van der Waals surface area contributed by atoms with E-state index in [9.17, 15) is 13.2 Å². The standard InChI is InChI=1S/C20H23N3O4S/c24-20-22-17-13-16(9-10-19(17)27-20)28(25,26)21-14-18(15-7-3-1-4-8-15)23-11-5-2-6-12-23/h1,3-4,7-10,13,18,21H,2,5-6,11-12,14H2,(H,22,24). The first-order valence-corrected chi connectivity index (χ1v) is 10.9. The van der Waals surface area contributed by atoms with Crippen molar-refractivity contribution in [2.75, 3.05) is 19.6 Å². The van der Waals surface area contributed by atoms with Crippen LogP contribution >= 0.6 is 0 Å². The van der Waals surface area contributed by atoms with Gasteiger partial charge in [0.25, 0.3) is 0 Å². The van der Waals surface area contributed by atoms with Gasteiger partial charge >= 0.3 is 5.76 Å². The van der Waals surface area contributed by atoms with Crippen LogP contribution in [0.1, 0.15) is 30.9 Å². The van der Waals surface area contributed by atoms with Crippen LogP contribution in [0.3, 0.4) is 0 Å². The third kappa shape index (κ3) is 4.04. The van der Waals surface area contributed by atoms with Crippen LogP contribution in [0.2, 0.25) is 0 Å². The zero-order valence-corrected chi connectivity index (χ0v) is 16.2. The second-order valence-corrected chi connectivity index (χ2v) is 8.81. The number of hydrogen-bond acceptors (Lipinski definition) is 5. The number of benzene rings is 2. The molecule has 2 N–H and O–H groups in total. The molecule has 8 heteroatoms. The van der Waals surface area contributed by atoms with Crippen LogP contribution in [0.4, 0.5) is 0 Å². The van der Waals surface area contributed by atoms with Crippen molar-refractivity contribution < 1.29 is 12.8 Å². The lowest BCUT2D eigenvalue weighted by Gasteiger charge is -2.35. The van der Waals surface area contributed by atoms with Crippen LogP contribution in [0.5, 0.6) is 0 Å². The van der Waals surface area contributed by atoms with Crippen LogP contribution in [0.15, 0.2) is 62.6 Å². The fraction of sp³-hybridized carbons (Fsp3) is 0.350. The Labute approximate surface area is 163 Å². The number of rotatable bonds is 6. The largest absolute Gasteiger partial charge is 0.417 e. The van der Waals surface area contributed by atoms with Crippen LogP contribution in [-0.2, 0) is 10.0 Å². The molecule has 148 valence electrons. The molecule has 0 aliphatic carbocycles. The number of sulfonamides is 1. The molecular weight excluding hydrogens is 378 g/mol. The second kappa shape index (κ2) is 7.90. The SMILES string of the molecule is O=c1[nH]c2cc(S(=O)(=O)NCC(c3ccccc3)N3CCCCC3)ccc2o1. The van der Waals surface area contributed by atoms with Crippen molar-refractivity contribution in [3.8, 4) is 0 Å². The third-order valence-corrected chi connectivity index (χ3v) is 6.60. The van der Waals surface area contributed by atoms with Gasteiger partial charge in [-0.2, -0.15) is 0 Å². The van der Waals surface area contributed by atoms with Gasteiger partial charge in [-0.25, -0.2) is 17.9 Å². The van der Waals surface area contributed by atoms with E-state index in [4.69, 9.17) is 4.42 Å². The molecule has 28 heavy (non-hydrogen) atoms. The highest BCUT2D eigenvalue weighted by Gasteiger charge is 2.25. The summed E-state index contributed by atoms with van der Waals surface area (Å²) in [6, 6.07) is 14.3. The van der Waals surface area contributed by atoms with Gasteiger partial charge in [0.15, 0.2) is 5.58 Å². The van der Waals surface area contributed by atoms with E-state index in [1.165, 1.54) is 24.6 Å². The van der Waals surface area contributed by atoms with Crippen LogP contribution in [0.25, 0.3) is 11.1 Å². The highest BCUT2D eigenvalue weighted by atomic mass is 32.2. The number of aromatic amines is 1. The number of oxazole rings is 1. The van der Waals surface area contributed by atoms with Gasteiger partial charge in [-0.15, -0.1) is 0 Å². The van der Waals surface area contributed by atoms with Gasteiger partial charge in [-0.1, -0.05) is 36.8 Å². The molecule has 1 atom stereocenters. The van der Waals surface area contributed by atoms with Gasteiger partial charge in [0.1, 0.15) is 0 Å². The monoisotopic (exact) mass is 401 g/mol. The smallest absolute Gasteiger partial charge is 0.408 e. The summed E-state index contributed by atoms with van der Waals surface area (Å²) in [5.74, 6) is -0.605. The van der Waals surface area contributed by atoms with Crippen molar-refractivity contribution in [1.29, 1.82) is 0 Å². The Morgan fingerprint density at radius 2 is 1.82 bits per heavy atom. The van der Waals surface area contributed by atoms with E-state index < -0.39 is 15.8 Å². The highest BCUT2D eigenvalue weighted by molar-refractivity contribution is 7.89. The minimum absolute atomic E-state index is 0.0197. The first-order valence-electron chi connectivity index (χ1n) is 9.44. The Morgan fingerprint density at radius 1 is 1.07 bits per heavy atom. The number of fused-ring (bicyclic) bond motifs is 1. The molecule has 1 aliphatic rings. The number of hydrogen-bond donors (Lipinski definition) is 2. The molecule has 1 aromatic heterocycles. The summed E-state index contributed by atoms with van der Waals surface area (Å²) >= 11 is 0. The molecule has 0 bridgehead atoms. The van der Waals surface area contributed by atoms with E-state index in [1.54, 1.807) is 0 Å². The van der Waals surface area contributed by atoms with Gasteiger partial charge in [-0.05, 0) is 49.7 Å². The minimum Gasteiger partial charge on any atom is -0.408 e. The summed E-state index contributed by atoms with van der Waals surface area (Å²) in [5.41, 5.74) is 1.80. The van der Waals surface area contributed by atoms with Gasteiger partial charge in [0.05, 0.1) is 10.4 Å². The third-order valence-electron chi connectivity index (χ3n) is 5.18. The molecule has 7 nitrogen and oxygen atoms in total. The Morgan fingerprint density at radius 3 is 2.57 bits per heavy atom. The Bertz CT molecular complexity index is 1100. The van der Waals surface area contributed by atoms with Gasteiger partial charge in [0, 0.05) is 12.6 Å². The molecule has 3 aromatic rings. The van der Waals surface area contributed by atoms with E-state index >= 15 is 0 Å². The molecule has 0 radical (unpaired) electrons.